The Bertz CT molecular complexity index is 473. The van der Waals surface area contributed by atoms with Crippen molar-refractivity contribution >= 4 is 5.91 Å². The number of phenols is 1. The van der Waals surface area contributed by atoms with E-state index in [0.29, 0.717) is 19.0 Å². The van der Waals surface area contributed by atoms with Crippen LogP contribution in [-0.4, -0.2) is 42.1 Å². The lowest BCUT2D eigenvalue weighted by atomic mass is 9.98. The number of nitrogens with one attached hydrogen (secondary N) is 1. The number of nitrogens with zero attached hydrogens (tertiary/aromatic N) is 1. The number of piperidine rings is 1. The van der Waals surface area contributed by atoms with Gasteiger partial charge in [0.15, 0.2) is 0 Å². The van der Waals surface area contributed by atoms with Gasteiger partial charge in [-0.15, -0.1) is 0 Å². The first-order valence-electron chi connectivity index (χ1n) is 7.10. The zero-order chi connectivity index (χ0) is 14.5. The molecule has 0 radical (unpaired) electrons. The van der Waals surface area contributed by atoms with Crippen molar-refractivity contribution < 1.29 is 14.3 Å². The standard InChI is InChI=1S/C15H21FN2O2/c1-2-18(10-11-4-3-7-17-9-11)15(20)13-6-5-12(16)8-14(13)19/h5-6,8,11,17,19H,2-4,7,9-10H2,1H3. The van der Waals surface area contributed by atoms with Crippen LogP contribution < -0.4 is 5.32 Å². The van der Waals surface area contributed by atoms with Crippen LogP contribution in [0.3, 0.4) is 0 Å². The fourth-order valence-corrected chi connectivity index (χ4v) is 2.60. The van der Waals surface area contributed by atoms with Gasteiger partial charge < -0.3 is 15.3 Å². The second kappa shape index (κ2) is 6.70. The molecule has 1 aromatic rings. The Morgan fingerprint density at radius 1 is 1.55 bits per heavy atom. The molecule has 0 spiro atoms. The van der Waals surface area contributed by atoms with Crippen molar-refractivity contribution in [2.45, 2.75) is 19.8 Å². The van der Waals surface area contributed by atoms with E-state index in [0.717, 1.165) is 32.0 Å². The van der Waals surface area contributed by atoms with Gasteiger partial charge in [-0.25, -0.2) is 4.39 Å². The Balaban J connectivity index is 2.07. The molecule has 0 aromatic heterocycles. The molecule has 0 saturated carbocycles. The molecule has 20 heavy (non-hydrogen) atoms. The van der Waals surface area contributed by atoms with Gasteiger partial charge in [-0.3, -0.25) is 4.79 Å². The molecule has 1 fully saturated rings. The summed E-state index contributed by atoms with van der Waals surface area (Å²) in [4.78, 5) is 14.1. The SMILES string of the molecule is CCN(CC1CCCNC1)C(=O)c1ccc(F)cc1O. The first-order chi connectivity index (χ1) is 9.61. The molecule has 1 atom stereocenters. The molecule has 4 nitrogen and oxygen atoms in total. The molecule has 1 aliphatic heterocycles. The highest BCUT2D eigenvalue weighted by Gasteiger charge is 2.22. The van der Waals surface area contributed by atoms with Gasteiger partial charge in [0, 0.05) is 19.2 Å². The van der Waals surface area contributed by atoms with Gasteiger partial charge in [-0.05, 0) is 50.9 Å². The van der Waals surface area contributed by atoms with E-state index in [1.165, 1.54) is 12.1 Å². The average molecular weight is 280 g/mol. The number of benzene rings is 1. The van der Waals surface area contributed by atoms with Crippen LogP contribution in [-0.2, 0) is 0 Å². The highest BCUT2D eigenvalue weighted by Crippen LogP contribution is 2.21. The summed E-state index contributed by atoms with van der Waals surface area (Å²) < 4.78 is 13.0. The quantitative estimate of drug-likeness (QED) is 0.887. The van der Waals surface area contributed by atoms with Crippen molar-refractivity contribution in [3.8, 4) is 5.75 Å². The molecule has 5 heteroatoms. The fourth-order valence-electron chi connectivity index (χ4n) is 2.60. The molecule has 2 rings (SSSR count). The minimum atomic E-state index is -0.543. The molecule has 1 aliphatic rings. The van der Waals surface area contributed by atoms with E-state index in [1.54, 1.807) is 4.90 Å². The van der Waals surface area contributed by atoms with Gasteiger partial charge >= 0.3 is 0 Å². The lowest BCUT2D eigenvalue weighted by molar-refractivity contribution is 0.0726. The summed E-state index contributed by atoms with van der Waals surface area (Å²) in [5.41, 5.74) is 0.164. The van der Waals surface area contributed by atoms with E-state index in [9.17, 15) is 14.3 Å². The summed E-state index contributed by atoms with van der Waals surface area (Å²) in [6, 6.07) is 3.51. The summed E-state index contributed by atoms with van der Waals surface area (Å²) in [5.74, 6) is -0.639. The summed E-state index contributed by atoms with van der Waals surface area (Å²) >= 11 is 0. The Labute approximate surface area is 118 Å². The number of carbonyl (C=O) groups excluding carboxylic acids is 1. The summed E-state index contributed by atoms with van der Waals surface area (Å²) in [6.45, 7) is 5.11. The smallest absolute Gasteiger partial charge is 0.257 e. The van der Waals surface area contributed by atoms with Crippen molar-refractivity contribution in [2.75, 3.05) is 26.2 Å². The van der Waals surface area contributed by atoms with Crippen molar-refractivity contribution in [1.82, 2.24) is 10.2 Å². The number of carbonyl (C=O) groups is 1. The van der Waals surface area contributed by atoms with Crippen molar-refractivity contribution in [2.24, 2.45) is 5.92 Å². The van der Waals surface area contributed by atoms with Crippen LogP contribution in [0.1, 0.15) is 30.1 Å². The fraction of sp³-hybridized carbons (Fsp3) is 0.533. The molecule has 1 saturated heterocycles. The topological polar surface area (TPSA) is 52.6 Å². The molecule has 1 amide bonds. The number of phenolic OH excluding ortho intramolecular Hbond substituents is 1. The van der Waals surface area contributed by atoms with E-state index in [-0.39, 0.29) is 17.2 Å². The number of aromatic hydroxyl groups is 1. The Kier molecular flexibility index (Phi) is 4.95. The highest BCUT2D eigenvalue weighted by atomic mass is 19.1. The van der Waals surface area contributed by atoms with Crippen molar-refractivity contribution in [3.63, 3.8) is 0 Å². The molecule has 0 aliphatic carbocycles. The Hall–Kier alpha value is -1.62. The predicted molar refractivity (Wildman–Crippen MR) is 75.2 cm³/mol. The number of amides is 1. The van der Waals surface area contributed by atoms with E-state index in [1.807, 2.05) is 6.92 Å². The Morgan fingerprint density at radius 2 is 2.35 bits per heavy atom. The summed E-state index contributed by atoms with van der Waals surface area (Å²) in [6.07, 6.45) is 2.23. The number of halogens is 1. The van der Waals surface area contributed by atoms with Crippen LogP contribution in [0.15, 0.2) is 18.2 Å². The van der Waals surface area contributed by atoms with Gasteiger partial charge in [0.05, 0.1) is 5.56 Å². The number of rotatable bonds is 4. The normalized spacial score (nSPS) is 18.8. The third kappa shape index (κ3) is 3.48. The second-order valence-electron chi connectivity index (χ2n) is 5.22. The maximum atomic E-state index is 13.0. The van der Waals surface area contributed by atoms with Crippen LogP contribution >= 0.6 is 0 Å². The lowest BCUT2D eigenvalue weighted by Gasteiger charge is -2.29. The maximum absolute atomic E-state index is 13.0. The number of hydrogen-bond acceptors (Lipinski definition) is 3. The maximum Gasteiger partial charge on any atom is 0.257 e. The van der Waals surface area contributed by atoms with Crippen LogP contribution in [0.4, 0.5) is 4.39 Å². The molecule has 1 heterocycles. The number of hydrogen-bond donors (Lipinski definition) is 2. The predicted octanol–water partition coefficient (Wildman–Crippen LogP) is 1.99. The van der Waals surface area contributed by atoms with Gasteiger partial charge in [-0.1, -0.05) is 0 Å². The highest BCUT2D eigenvalue weighted by molar-refractivity contribution is 5.96. The average Bonchev–Trinajstić information content (AvgIpc) is 2.45. The second-order valence-corrected chi connectivity index (χ2v) is 5.22. The first-order valence-corrected chi connectivity index (χ1v) is 7.10. The van der Waals surface area contributed by atoms with E-state index >= 15 is 0 Å². The largest absolute Gasteiger partial charge is 0.507 e. The Morgan fingerprint density at radius 3 is 2.95 bits per heavy atom. The van der Waals surface area contributed by atoms with E-state index in [2.05, 4.69) is 5.32 Å². The van der Waals surface area contributed by atoms with Gasteiger partial charge in [0.2, 0.25) is 0 Å². The molecule has 2 N–H and O–H groups in total. The van der Waals surface area contributed by atoms with Crippen LogP contribution in [0, 0.1) is 11.7 Å². The summed E-state index contributed by atoms with van der Waals surface area (Å²) in [5, 5.41) is 13.0. The molecule has 0 bridgehead atoms. The van der Waals surface area contributed by atoms with Crippen molar-refractivity contribution in [1.29, 1.82) is 0 Å². The third-order valence-electron chi connectivity index (χ3n) is 3.74. The van der Waals surface area contributed by atoms with Gasteiger partial charge in [0.1, 0.15) is 11.6 Å². The summed E-state index contributed by atoms with van der Waals surface area (Å²) in [7, 11) is 0. The lowest BCUT2D eigenvalue weighted by Crippen LogP contribution is -2.41. The first kappa shape index (κ1) is 14.8. The van der Waals surface area contributed by atoms with E-state index in [4.69, 9.17) is 0 Å². The van der Waals surface area contributed by atoms with Crippen LogP contribution in [0.2, 0.25) is 0 Å². The van der Waals surface area contributed by atoms with Crippen LogP contribution in [0.5, 0.6) is 5.75 Å². The van der Waals surface area contributed by atoms with Gasteiger partial charge in [0.25, 0.3) is 5.91 Å². The third-order valence-corrected chi connectivity index (χ3v) is 3.74. The zero-order valence-electron chi connectivity index (χ0n) is 11.7. The minimum Gasteiger partial charge on any atom is -0.507 e. The van der Waals surface area contributed by atoms with Crippen molar-refractivity contribution in [3.05, 3.63) is 29.6 Å². The van der Waals surface area contributed by atoms with Gasteiger partial charge in [-0.2, -0.15) is 0 Å². The molecule has 1 aromatic carbocycles. The molecular weight excluding hydrogens is 259 g/mol. The monoisotopic (exact) mass is 280 g/mol. The van der Waals surface area contributed by atoms with E-state index < -0.39 is 5.82 Å². The molecule has 1 unspecified atom stereocenters. The molecular formula is C15H21FN2O2. The molecule has 110 valence electrons. The minimum absolute atomic E-state index is 0.164. The van der Waals surface area contributed by atoms with Crippen LogP contribution in [0.25, 0.3) is 0 Å². The zero-order valence-corrected chi connectivity index (χ0v) is 11.7.